The molecule has 2 amide bonds. The largest absolute Gasteiger partial charge is 0.353 e. The monoisotopic (exact) mass is 318 g/mol. The predicted molar refractivity (Wildman–Crippen MR) is 90.9 cm³/mol. The van der Waals surface area contributed by atoms with Gasteiger partial charge in [0.2, 0.25) is 11.8 Å². The molecule has 0 aromatic heterocycles. The molecule has 1 aliphatic rings. The van der Waals surface area contributed by atoms with Crippen molar-refractivity contribution < 1.29 is 9.59 Å². The van der Waals surface area contributed by atoms with Crippen molar-refractivity contribution in [3.05, 3.63) is 30.3 Å². The van der Waals surface area contributed by atoms with Crippen LogP contribution < -0.4 is 16.4 Å². The van der Waals surface area contributed by atoms with E-state index < -0.39 is 0 Å². The van der Waals surface area contributed by atoms with Crippen LogP contribution in [0.3, 0.4) is 0 Å². The number of nitrogens with one attached hydrogen (secondary N) is 2. The SMILES string of the molecule is CC(N)CC(=O)NC1CCN(CC(=O)Nc2ccccc2)CC1. The lowest BCUT2D eigenvalue weighted by molar-refractivity contribution is -0.123. The van der Waals surface area contributed by atoms with Crippen LogP contribution >= 0.6 is 0 Å². The number of hydrogen-bond donors (Lipinski definition) is 3. The molecular weight excluding hydrogens is 292 g/mol. The Labute approximate surface area is 137 Å². The molecule has 0 saturated carbocycles. The number of anilines is 1. The molecule has 1 unspecified atom stereocenters. The smallest absolute Gasteiger partial charge is 0.238 e. The van der Waals surface area contributed by atoms with Gasteiger partial charge in [-0.05, 0) is 31.9 Å². The maximum atomic E-state index is 12.0. The summed E-state index contributed by atoms with van der Waals surface area (Å²) in [6, 6.07) is 9.53. The Kier molecular flexibility index (Phi) is 6.55. The van der Waals surface area contributed by atoms with Crippen molar-refractivity contribution in [2.24, 2.45) is 5.73 Å². The number of nitrogens with zero attached hydrogens (tertiary/aromatic N) is 1. The third kappa shape index (κ3) is 6.38. The third-order valence-electron chi connectivity index (χ3n) is 3.88. The van der Waals surface area contributed by atoms with Gasteiger partial charge in [-0.3, -0.25) is 14.5 Å². The average molecular weight is 318 g/mol. The molecule has 6 nitrogen and oxygen atoms in total. The second-order valence-electron chi connectivity index (χ2n) is 6.21. The normalized spacial score (nSPS) is 17.5. The van der Waals surface area contributed by atoms with Crippen molar-refractivity contribution in [1.29, 1.82) is 0 Å². The Bertz CT molecular complexity index is 511. The number of carbonyl (C=O) groups is 2. The minimum absolute atomic E-state index is 0.00404. The molecule has 1 aromatic carbocycles. The second-order valence-corrected chi connectivity index (χ2v) is 6.21. The highest BCUT2D eigenvalue weighted by Gasteiger charge is 2.22. The molecule has 1 fully saturated rings. The molecule has 2 rings (SSSR count). The molecule has 0 aliphatic carbocycles. The van der Waals surface area contributed by atoms with Crippen molar-refractivity contribution in [3.63, 3.8) is 0 Å². The number of piperidine rings is 1. The molecule has 0 bridgehead atoms. The van der Waals surface area contributed by atoms with Crippen LogP contribution in [0.2, 0.25) is 0 Å². The maximum Gasteiger partial charge on any atom is 0.238 e. The van der Waals surface area contributed by atoms with Crippen LogP contribution in [0.5, 0.6) is 0 Å². The van der Waals surface area contributed by atoms with Crippen LogP contribution in [0.1, 0.15) is 26.2 Å². The molecule has 23 heavy (non-hydrogen) atoms. The van der Waals surface area contributed by atoms with Crippen LogP contribution in [0.15, 0.2) is 30.3 Å². The van der Waals surface area contributed by atoms with Gasteiger partial charge in [0.1, 0.15) is 0 Å². The van der Waals surface area contributed by atoms with Gasteiger partial charge in [-0.25, -0.2) is 0 Å². The third-order valence-corrected chi connectivity index (χ3v) is 3.88. The first kappa shape index (κ1) is 17.4. The molecule has 1 saturated heterocycles. The van der Waals surface area contributed by atoms with Crippen molar-refractivity contribution in [3.8, 4) is 0 Å². The lowest BCUT2D eigenvalue weighted by atomic mass is 10.0. The van der Waals surface area contributed by atoms with Crippen LogP contribution in [0.25, 0.3) is 0 Å². The summed E-state index contributed by atoms with van der Waals surface area (Å²) < 4.78 is 0. The topological polar surface area (TPSA) is 87.5 Å². The van der Waals surface area contributed by atoms with E-state index in [0.717, 1.165) is 31.6 Å². The minimum Gasteiger partial charge on any atom is -0.353 e. The standard InChI is InChI=1S/C17H26N4O2/c1-13(18)11-16(22)19-15-7-9-21(10-8-15)12-17(23)20-14-5-3-2-4-6-14/h2-6,13,15H,7-12,18H2,1H3,(H,19,22)(H,20,23). The lowest BCUT2D eigenvalue weighted by Crippen LogP contribution is -2.47. The molecule has 1 heterocycles. The van der Waals surface area contributed by atoms with E-state index in [1.54, 1.807) is 0 Å². The van der Waals surface area contributed by atoms with E-state index in [-0.39, 0.29) is 23.9 Å². The molecule has 1 aromatic rings. The quantitative estimate of drug-likeness (QED) is 0.728. The molecule has 1 atom stereocenters. The van der Waals surface area contributed by atoms with Gasteiger partial charge in [-0.15, -0.1) is 0 Å². The van der Waals surface area contributed by atoms with E-state index in [2.05, 4.69) is 15.5 Å². The van der Waals surface area contributed by atoms with Crippen LogP contribution in [-0.2, 0) is 9.59 Å². The van der Waals surface area contributed by atoms with Gasteiger partial charge in [-0.1, -0.05) is 18.2 Å². The van der Waals surface area contributed by atoms with Gasteiger partial charge in [0.25, 0.3) is 0 Å². The van der Waals surface area contributed by atoms with Crippen molar-refractivity contribution >= 4 is 17.5 Å². The Morgan fingerprint density at radius 1 is 1.22 bits per heavy atom. The van der Waals surface area contributed by atoms with E-state index in [1.807, 2.05) is 37.3 Å². The van der Waals surface area contributed by atoms with Crippen molar-refractivity contribution in [2.45, 2.75) is 38.3 Å². The number of carbonyl (C=O) groups excluding carboxylic acids is 2. The van der Waals surface area contributed by atoms with E-state index in [4.69, 9.17) is 5.73 Å². The van der Waals surface area contributed by atoms with E-state index in [1.165, 1.54) is 0 Å². The first-order valence-electron chi connectivity index (χ1n) is 8.15. The van der Waals surface area contributed by atoms with E-state index in [9.17, 15) is 9.59 Å². The predicted octanol–water partition coefficient (Wildman–Crippen LogP) is 0.943. The van der Waals surface area contributed by atoms with Crippen LogP contribution in [-0.4, -0.2) is 48.4 Å². The fourth-order valence-electron chi connectivity index (χ4n) is 2.74. The highest BCUT2D eigenvalue weighted by molar-refractivity contribution is 5.92. The van der Waals surface area contributed by atoms with Gasteiger partial charge in [0, 0.05) is 37.3 Å². The number of para-hydroxylation sites is 1. The van der Waals surface area contributed by atoms with Crippen LogP contribution in [0, 0.1) is 0 Å². The second kappa shape index (κ2) is 8.64. The summed E-state index contributed by atoms with van der Waals surface area (Å²) >= 11 is 0. The Hall–Kier alpha value is -1.92. The van der Waals surface area contributed by atoms with Crippen molar-refractivity contribution in [1.82, 2.24) is 10.2 Å². The fraction of sp³-hybridized carbons (Fsp3) is 0.529. The summed E-state index contributed by atoms with van der Waals surface area (Å²) in [5.41, 5.74) is 6.44. The van der Waals surface area contributed by atoms with E-state index in [0.29, 0.717) is 13.0 Å². The summed E-state index contributed by atoms with van der Waals surface area (Å²) in [5, 5.41) is 5.91. The number of likely N-dealkylation sites (tertiary alicyclic amines) is 1. The number of rotatable bonds is 6. The Balaban J connectivity index is 1.68. The van der Waals surface area contributed by atoms with Gasteiger partial charge in [0.05, 0.1) is 6.54 Å². The summed E-state index contributed by atoms with van der Waals surface area (Å²) in [6.07, 6.45) is 2.09. The fourth-order valence-corrected chi connectivity index (χ4v) is 2.74. The van der Waals surface area contributed by atoms with E-state index >= 15 is 0 Å². The minimum atomic E-state index is -0.114. The highest BCUT2D eigenvalue weighted by atomic mass is 16.2. The zero-order valence-corrected chi connectivity index (χ0v) is 13.6. The first-order valence-corrected chi connectivity index (χ1v) is 8.15. The van der Waals surface area contributed by atoms with Crippen LogP contribution in [0.4, 0.5) is 5.69 Å². The van der Waals surface area contributed by atoms with Gasteiger partial charge in [0.15, 0.2) is 0 Å². The molecule has 4 N–H and O–H groups in total. The Morgan fingerprint density at radius 3 is 2.48 bits per heavy atom. The molecule has 0 spiro atoms. The highest BCUT2D eigenvalue weighted by Crippen LogP contribution is 2.11. The summed E-state index contributed by atoms with van der Waals surface area (Å²) in [7, 11) is 0. The number of hydrogen-bond acceptors (Lipinski definition) is 4. The average Bonchev–Trinajstić information content (AvgIpc) is 2.49. The zero-order valence-electron chi connectivity index (χ0n) is 13.6. The number of benzene rings is 1. The molecule has 0 radical (unpaired) electrons. The zero-order chi connectivity index (χ0) is 16.7. The van der Waals surface area contributed by atoms with Gasteiger partial charge >= 0.3 is 0 Å². The molecule has 126 valence electrons. The maximum absolute atomic E-state index is 12.0. The number of amides is 2. The summed E-state index contributed by atoms with van der Waals surface area (Å²) in [6.45, 7) is 3.83. The Morgan fingerprint density at radius 2 is 1.87 bits per heavy atom. The lowest BCUT2D eigenvalue weighted by Gasteiger charge is -2.32. The van der Waals surface area contributed by atoms with Gasteiger partial charge < -0.3 is 16.4 Å². The summed E-state index contributed by atoms with van der Waals surface area (Å²) in [4.78, 5) is 25.9. The first-order chi connectivity index (χ1) is 11.0. The summed E-state index contributed by atoms with van der Waals surface area (Å²) in [5.74, 6) is 0.0101. The molecule has 1 aliphatic heterocycles. The molecular formula is C17H26N4O2. The van der Waals surface area contributed by atoms with Gasteiger partial charge in [-0.2, -0.15) is 0 Å². The number of nitrogens with two attached hydrogens (primary N) is 1. The van der Waals surface area contributed by atoms with Crippen molar-refractivity contribution in [2.75, 3.05) is 25.0 Å². The molecule has 6 heteroatoms.